The summed E-state index contributed by atoms with van der Waals surface area (Å²) in [5.41, 5.74) is 0.581. The van der Waals surface area contributed by atoms with E-state index >= 15 is 0 Å². The van der Waals surface area contributed by atoms with Gasteiger partial charge in [0, 0.05) is 38.1 Å². The van der Waals surface area contributed by atoms with Crippen LogP contribution in [-0.4, -0.2) is 42.7 Å². The third kappa shape index (κ3) is 3.90. The van der Waals surface area contributed by atoms with E-state index in [-0.39, 0.29) is 24.3 Å². The molecular weight excluding hydrogens is 393 g/mol. The van der Waals surface area contributed by atoms with Gasteiger partial charge in [-0.1, -0.05) is 6.07 Å². The molecule has 0 aromatic heterocycles. The number of fused-ring (bicyclic) bond motifs is 1. The van der Waals surface area contributed by atoms with Gasteiger partial charge in [0.25, 0.3) is 5.92 Å². The summed E-state index contributed by atoms with van der Waals surface area (Å²) < 4.78 is 73.5. The molecule has 29 heavy (non-hydrogen) atoms. The summed E-state index contributed by atoms with van der Waals surface area (Å²) in [5.74, 6) is -3.02. The number of hydrogen-bond acceptors (Lipinski definition) is 3. The fraction of sp³-hybridized carbons (Fsp3) is 0.400. The van der Waals surface area contributed by atoms with Crippen molar-refractivity contribution in [3.8, 4) is 5.75 Å². The van der Waals surface area contributed by atoms with Crippen LogP contribution in [0.4, 0.5) is 22.0 Å². The molecule has 2 heterocycles. The molecule has 1 aromatic carbocycles. The lowest BCUT2D eigenvalue weighted by Gasteiger charge is -2.29. The molecular formula is C20H18F5N3O. The number of benzene rings is 1. The topological polar surface area (TPSA) is 37.2 Å². The number of amidine groups is 1. The van der Waals surface area contributed by atoms with E-state index in [1.165, 1.54) is 17.2 Å². The first-order valence-corrected chi connectivity index (χ1v) is 9.11. The lowest BCUT2D eigenvalue weighted by Crippen LogP contribution is -2.35. The van der Waals surface area contributed by atoms with Crippen molar-refractivity contribution in [2.24, 2.45) is 16.1 Å². The number of hydrogen-bond donors (Lipinski definition) is 0. The predicted octanol–water partition coefficient (Wildman–Crippen LogP) is 4.83. The van der Waals surface area contributed by atoms with Gasteiger partial charge in [0.15, 0.2) is 0 Å². The zero-order valence-electron chi connectivity index (χ0n) is 15.3. The van der Waals surface area contributed by atoms with Crippen molar-refractivity contribution in [1.82, 2.24) is 4.90 Å². The Labute approximate surface area is 164 Å². The molecule has 4 nitrogen and oxygen atoms in total. The first kappa shape index (κ1) is 19.6. The molecule has 1 aromatic rings. The Bertz CT molecular complexity index is 933. The smallest absolute Gasteiger partial charge is 0.415 e. The molecule has 0 saturated heterocycles. The summed E-state index contributed by atoms with van der Waals surface area (Å²) in [7, 11) is 0. The summed E-state index contributed by atoms with van der Waals surface area (Å²) in [6.07, 6.45) is -1.64. The van der Waals surface area contributed by atoms with E-state index in [2.05, 4.69) is 16.9 Å². The van der Waals surface area contributed by atoms with Crippen LogP contribution in [0.15, 0.2) is 46.3 Å². The van der Waals surface area contributed by atoms with E-state index in [9.17, 15) is 22.0 Å². The summed E-state index contributed by atoms with van der Waals surface area (Å²) >= 11 is 0. The first-order valence-electron chi connectivity index (χ1n) is 9.11. The van der Waals surface area contributed by atoms with E-state index < -0.39 is 30.1 Å². The van der Waals surface area contributed by atoms with Crippen molar-refractivity contribution < 1.29 is 26.7 Å². The van der Waals surface area contributed by atoms with Crippen LogP contribution in [0.25, 0.3) is 5.57 Å². The minimum Gasteiger partial charge on any atom is -0.493 e. The molecule has 9 heteroatoms. The van der Waals surface area contributed by atoms with E-state index in [1.807, 2.05) is 0 Å². The molecule has 0 radical (unpaired) electrons. The Kier molecular flexibility index (Phi) is 4.71. The molecule has 1 unspecified atom stereocenters. The SMILES string of the molecule is C=N/N=C(/CC1CC1(F)F)N1C=CC(c2ccc3c(c2)CCO3)=C(C(F)(F)F)C1. The fourth-order valence-corrected chi connectivity index (χ4v) is 3.63. The molecule has 1 atom stereocenters. The second-order valence-electron chi connectivity index (χ2n) is 7.28. The van der Waals surface area contributed by atoms with Crippen LogP contribution < -0.4 is 4.74 Å². The number of ether oxygens (including phenoxy) is 1. The van der Waals surface area contributed by atoms with Crippen LogP contribution in [0.2, 0.25) is 0 Å². The molecule has 0 bridgehead atoms. The normalized spacial score (nSPS) is 23.1. The Morgan fingerprint density at radius 1 is 1.31 bits per heavy atom. The van der Waals surface area contributed by atoms with Gasteiger partial charge in [-0.3, -0.25) is 0 Å². The molecule has 0 spiro atoms. The van der Waals surface area contributed by atoms with Crippen molar-refractivity contribution in [2.45, 2.75) is 31.4 Å². The molecule has 2 aliphatic heterocycles. The quantitative estimate of drug-likeness (QED) is 0.308. The summed E-state index contributed by atoms with van der Waals surface area (Å²) in [5, 5.41) is 7.07. The molecule has 154 valence electrons. The minimum absolute atomic E-state index is 0.0431. The van der Waals surface area contributed by atoms with Crippen LogP contribution >= 0.6 is 0 Å². The van der Waals surface area contributed by atoms with Gasteiger partial charge in [-0.15, -0.1) is 5.10 Å². The first-order chi connectivity index (χ1) is 13.7. The highest BCUT2D eigenvalue weighted by Crippen LogP contribution is 2.51. The van der Waals surface area contributed by atoms with Gasteiger partial charge in [0.05, 0.1) is 18.7 Å². The van der Waals surface area contributed by atoms with Gasteiger partial charge in [-0.2, -0.15) is 18.3 Å². The molecule has 0 amide bonds. The summed E-state index contributed by atoms with van der Waals surface area (Å²) in [6, 6.07) is 4.97. The highest BCUT2D eigenvalue weighted by Gasteiger charge is 2.57. The number of alkyl halides is 5. The minimum atomic E-state index is -4.59. The molecule has 1 aliphatic carbocycles. The lowest BCUT2D eigenvalue weighted by atomic mass is 9.94. The van der Waals surface area contributed by atoms with Crippen molar-refractivity contribution in [2.75, 3.05) is 13.2 Å². The molecule has 0 N–H and O–H groups in total. The van der Waals surface area contributed by atoms with Crippen LogP contribution in [0, 0.1) is 5.92 Å². The van der Waals surface area contributed by atoms with Gasteiger partial charge >= 0.3 is 6.18 Å². The van der Waals surface area contributed by atoms with E-state index in [1.54, 1.807) is 18.2 Å². The van der Waals surface area contributed by atoms with Gasteiger partial charge in [0.1, 0.15) is 11.6 Å². The fourth-order valence-electron chi connectivity index (χ4n) is 3.63. The second kappa shape index (κ2) is 6.96. The van der Waals surface area contributed by atoms with Crippen molar-refractivity contribution >= 4 is 18.1 Å². The Balaban J connectivity index is 1.64. The average Bonchev–Trinajstić information content (AvgIpc) is 3.04. The third-order valence-corrected chi connectivity index (χ3v) is 5.32. The highest BCUT2D eigenvalue weighted by molar-refractivity contribution is 5.88. The second-order valence-corrected chi connectivity index (χ2v) is 7.28. The van der Waals surface area contributed by atoms with Gasteiger partial charge in [0.2, 0.25) is 0 Å². The van der Waals surface area contributed by atoms with E-state index in [0.717, 1.165) is 5.56 Å². The zero-order chi connectivity index (χ0) is 20.8. The van der Waals surface area contributed by atoms with Gasteiger partial charge < -0.3 is 9.64 Å². The largest absolute Gasteiger partial charge is 0.493 e. The third-order valence-electron chi connectivity index (χ3n) is 5.32. The molecule has 4 rings (SSSR count). The number of allylic oxidation sites excluding steroid dienone is 2. The standard InChI is InChI=1S/C20H18F5N3O/c1-26-27-18(9-14-10-19(14,21)22)28-6-4-15(16(11-28)20(23,24)25)12-2-3-17-13(8-12)5-7-29-17/h2-4,6,8,14H,1,5,7,9-11H2/b27-18-. The number of nitrogens with zero attached hydrogens (tertiary/aromatic N) is 3. The average molecular weight is 411 g/mol. The summed E-state index contributed by atoms with van der Waals surface area (Å²) in [6.45, 7) is 3.18. The van der Waals surface area contributed by atoms with Crippen molar-refractivity contribution in [3.63, 3.8) is 0 Å². The predicted molar refractivity (Wildman–Crippen MR) is 99.1 cm³/mol. The summed E-state index contributed by atoms with van der Waals surface area (Å²) in [4.78, 5) is 1.21. The van der Waals surface area contributed by atoms with Gasteiger partial charge in [-0.05, 0) is 34.9 Å². The van der Waals surface area contributed by atoms with Crippen LogP contribution in [0.5, 0.6) is 5.75 Å². The molecule has 3 aliphatic rings. The maximum atomic E-state index is 13.8. The van der Waals surface area contributed by atoms with Crippen LogP contribution in [0.3, 0.4) is 0 Å². The van der Waals surface area contributed by atoms with Crippen molar-refractivity contribution in [1.29, 1.82) is 0 Å². The Morgan fingerprint density at radius 3 is 2.72 bits per heavy atom. The number of halogens is 5. The Morgan fingerprint density at radius 2 is 2.07 bits per heavy atom. The maximum Gasteiger partial charge on any atom is 0.415 e. The molecule has 1 saturated carbocycles. The molecule has 1 fully saturated rings. The number of rotatable bonds is 4. The highest BCUT2D eigenvalue weighted by atomic mass is 19.4. The maximum absolute atomic E-state index is 13.8. The van der Waals surface area contributed by atoms with E-state index in [0.29, 0.717) is 24.3 Å². The monoisotopic (exact) mass is 411 g/mol. The Hall–Kier alpha value is -2.71. The lowest BCUT2D eigenvalue weighted by molar-refractivity contribution is -0.0936. The van der Waals surface area contributed by atoms with Crippen LogP contribution in [0.1, 0.15) is 24.0 Å². The van der Waals surface area contributed by atoms with Crippen molar-refractivity contribution in [3.05, 3.63) is 47.2 Å². The van der Waals surface area contributed by atoms with Crippen LogP contribution in [-0.2, 0) is 6.42 Å². The van der Waals surface area contributed by atoms with E-state index in [4.69, 9.17) is 4.74 Å². The zero-order valence-corrected chi connectivity index (χ0v) is 15.3. The van der Waals surface area contributed by atoms with Gasteiger partial charge in [-0.25, -0.2) is 8.78 Å².